The Morgan fingerprint density at radius 1 is 1.32 bits per heavy atom. The molecular formula is C18H21N11O2. The maximum atomic E-state index is 12.8. The quantitative estimate of drug-likeness (QED) is 0.273. The molecule has 4 rings (SSSR count). The van der Waals surface area contributed by atoms with Crippen LogP contribution in [0.15, 0.2) is 34.0 Å². The van der Waals surface area contributed by atoms with Crippen molar-refractivity contribution < 1.29 is 9.42 Å². The minimum absolute atomic E-state index is 0.0422. The minimum atomic E-state index is -0.532. The van der Waals surface area contributed by atoms with Crippen LogP contribution >= 0.6 is 0 Å². The van der Waals surface area contributed by atoms with E-state index in [0.29, 0.717) is 18.1 Å². The molecule has 0 radical (unpaired) electrons. The van der Waals surface area contributed by atoms with Gasteiger partial charge in [-0.05, 0) is 35.5 Å². The summed E-state index contributed by atoms with van der Waals surface area (Å²) in [5.74, 6) is 0.186. The van der Waals surface area contributed by atoms with Gasteiger partial charge in [0.25, 0.3) is 5.91 Å². The summed E-state index contributed by atoms with van der Waals surface area (Å²) < 4.78 is 6.01. The van der Waals surface area contributed by atoms with Gasteiger partial charge in [0.2, 0.25) is 11.6 Å². The third kappa shape index (κ3) is 4.11. The van der Waals surface area contributed by atoms with E-state index in [1.54, 1.807) is 0 Å². The molecule has 0 saturated carbocycles. The van der Waals surface area contributed by atoms with Crippen molar-refractivity contribution >= 4 is 29.0 Å². The Morgan fingerprint density at radius 2 is 2.13 bits per heavy atom. The molecule has 0 aliphatic heterocycles. The number of nitrogens with zero attached hydrogens (tertiary/aromatic N) is 8. The summed E-state index contributed by atoms with van der Waals surface area (Å²) in [6, 6.07) is 7.58. The predicted octanol–water partition coefficient (Wildman–Crippen LogP) is 0.715. The Hall–Kier alpha value is -4.13. The maximum Gasteiger partial charge on any atom is 0.293 e. The Kier molecular flexibility index (Phi) is 5.66. The lowest BCUT2D eigenvalue weighted by atomic mass is 10.2. The molecule has 0 unspecified atom stereocenters. The summed E-state index contributed by atoms with van der Waals surface area (Å²) in [6.07, 6.45) is 1.42. The highest BCUT2D eigenvalue weighted by Gasteiger charge is 2.24. The number of nitrogens with two attached hydrogens (primary N) is 1. The number of carbonyl (C=O) groups is 1. The largest absolute Gasteiger partial charge is 0.378 e. The summed E-state index contributed by atoms with van der Waals surface area (Å²) >= 11 is 0. The Labute approximate surface area is 176 Å². The molecule has 4 N–H and O–H groups in total. The average molecular weight is 423 g/mol. The van der Waals surface area contributed by atoms with Crippen molar-refractivity contribution in [2.75, 3.05) is 18.8 Å². The highest BCUT2D eigenvalue weighted by atomic mass is 16.6. The predicted molar refractivity (Wildman–Crippen MR) is 111 cm³/mol. The molecule has 13 heteroatoms. The van der Waals surface area contributed by atoms with Crippen molar-refractivity contribution in [3.8, 4) is 5.82 Å². The number of amides is 1. The third-order valence-electron chi connectivity index (χ3n) is 4.70. The molecule has 0 aliphatic rings. The number of hydrazone groups is 1. The topological polar surface area (TPSA) is 169 Å². The number of rotatable bonds is 8. The van der Waals surface area contributed by atoms with Gasteiger partial charge in [-0.3, -0.25) is 9.69 Å². The second-order valence-electron chi connectivity index (χ2n) is 6.57. The number of imidazole rings is 1. The van der Waals surface area contributed by atoms with Crippen LogP contribution in [-0.4, -0.2) is 65.4 Å². The zero-order valence-electron chi connectivity index (χ0n) is 17.0. The van der Waals surface area contributed by atoms with Gasteiger partial charge < -0.3 is 10.7 Å². The van der Waals surface area contributed by atoms with E-state index < -0.39 is 5.91 Å². The van der Waals surface area contributed by atoms with E-state index in [1.807, 2.05) is 38.1 Å². The van der Waals surface area contributed by atoms with Gasteiger partial charge in [0.05, 0.1) is 22.9 Å². The Morgan fingerprint density at radius 3 is 2.84 bits per heavy atom. The number of anilines is 1. The lowest BCUT2D eigenvalue weighted by molar-refractivity contribution is 0.0948. The van der Waals surface area contributed by atoms with Crippen LogP contribution in [0.1, 0.15) is 35.9 Å². The fourth-order valence-electron chi connectivity index (χ4n) is 3.03. The Bertz CT molecular complexity index is 1190. The van der Waals surface area contributed by atoms with Gasteiger partial charge in [0.15, 0.2) is 11.5 Å². The molecule has 0 atom stereocenters. The van der Waals surface area contributed by atoms with Crippen molar-refractivity contribution in [1.82, 2.24) is 45.6 Å². The normalized spacial score (nSPS) is 11.7. The van der Waals surface area contributed by atoms with Crippen LogP contribution < -0.4 is 11.2 Å². The monoisotopic (exact) mass is 423 g/mol. The highest BCUT2D eigenvalue weighted by molar-refractivity contribution is 5.94. The van der Waals surface area contributed by atoms with Crippen LogP contribution in [0, 0.1) is 0 Å². The molecule has 13 nitrogen and oxygen atoms in total. The number of hydrogen-bond acceptors (Lipinski definition) is 10. The number of carbonyl (C=O) groups excluding carboxylic acids is 1. The van der Waals surface area contributed by atoms with E-state index in [0.717, 1.165) is 24.1 Å². The fourth-order valence-corrected chi connectivity index (χ4v) is 3.03. The fraction of sp³-hybridized carbons (Fsp3) is 0.278. The van der Waals surface area contributed by atoms with Gasteiger partial charge in [-0.2, -0.15) is 9.78 Å². The molecule has 4 aromatic rings. The molecule has 0 aliphatic carbocycles. The van der Waals surface area contributed by atoms with E-state index in [4.69, 9.17) is 5.73 Å². The first-order valence-electron chi connectivity index (χ1n) is 9.64. The van der Waals surface area contributed by atoms with Crippen LogP contribution in [0.5, 0.6) is 0 Å². The molecule has 0 bridgehead atoms. The zero-order valence-corrected chi connectivity index (χ0v) is 17.0. The van der Waals surface area contributed by atoms with Crippen LogP contribution in [-0.2, 0) is 6.54 Å². The summed E-state index contributed by atoms with van der Waals surface area (Å²) in [7, 11) is 0. The highest BCUT2D eigenvalue weighted by Crippen LogP contribution is 2.17. The van der Waals surface area contributed by atoms with E-state index >= 15 is 0 Å². The molecule has 0 fully saturated rings. The average Bonchev–Trinajstić information content (AvgIpc) is 3.49. The van der Waals surface area contributed by atoms with Gasteiger partial charge in [0, 0.05) is 6.54 Å². The molecule has 3 heterocycles. The van der Waals surface area contributed by atoms with Gasteiger partial charge in [-0.25, -0.2) is 15.0 Å². The van der Waals surface area contributed by atoms with Gasteiger partial charge in [-0.15, -0.1) is 5.10 Å². The SMILES string of the molecule is CCN(CC)Cc1c(C(=O)NN=Cc2nc3ccccc3[nH]2)nnn1-c1nonc1N. The summed E-state index contributed by atoms with van der Waals surface area (Å²) in [5, 5.41) is 19.3. The summed E-state index contributed by atoms with van der Waals surface area (Å²) in [4.78, 5) is 22.3. The Balaban J connectivity index is 1.57. The van der Waals surface area contributed by atoms with Gasteiger partial charge in [0.1, 0.15) is 0 Å². The number of nitrogens with one attached hydrogen (secondary N) is 2. The van der Waals surface area contributed by atoms with Crippen LogP contribution in [0.4, 0.5) is 5.82 Å². The van der Waals surface area contributed by atoms with Crippen LogP contribution in [0.2, 0.25) is 0 Å². The summed E-state index contributed by atoms with van der Waals surface area (Å²) in [6.45, 7) is 5.95. The second-order valence-corrected chi connectivity index (χ2v) is 6.57. The molecular weight excluding hydrogens is 402 g/mol. The standard InChI is InChI=1S/C18H21N11O2/c1-3-28(4-2)10-13-15(23-27-29(13)17-16(19)25-31-26-17)18(30)24-20-9-14-21-11-7-5-6-8-12(11)22-14/h5-9H,3-4,10H2,1-2H3,(H2,19,25)(H,21,22)(H,24,30). The molecule has 0 saturated heterocycles. The zero-order chi connectivity index (χ0) is 21.8. The number of hydrogen-bond donors (Lipinski definition) is 3. The number of fused-ring (bicyclic) bond motifs is 1. The number of nitrogen functional groups attached to an aromatic ring is 1. The molecule has 1 aromatic carbocycles. The van der Waals surface area contributed by atoms with Crippen molar-refractivity contribution in [3.63, 3.8) is 0 Å². The van der Waals surface area contributed by atoms with Crippen molar-refractivity contribution in [1.29, 1.82) is 0 Å². The van der Waals surface area contributed by atoms with Crippen molar-refractivity contribution in [2.24, 2.45) is 5.10 Å². The number of benzene rings is 1. The third-order valence-corrected chi connectivity index (χ3v) is 4.70. The molecule has 3 aromatic heterocycles. The van der Waals surface area contributed by atoms with E-state index in [2.05, 4.69) is 50.6 Å². The lowest BCUT2D eigenvalue weighted by Crippen LogP contribution is -2.27. The number of aromatic amines is 1. The lowest BCUT2D eigenvalue weighted by Gasteiger charge is -2.18. The smallest absolute Gasteiger partial charge is 0.293 e. The van der Waals surface area contributed by atoms with E-state index in [1.165, 1.54) is 10.9 Å². The minimum Gasteiger partial charge on any atom is -0.378 e. The first-order chi connectivity index (χ1) is 15.1. The molecule has 1 amide bonds. The van der Waals surface area contributed by atoms with Crippen molar-refractivity contribution in [2.45, 2.75) is 20.4 Å². The van der Waals surface area contributed by atoms with Crippen LogP contribution in [0.25, 0.3) is 16.9 Å². The number of aromatic nitrogens is 7. The molecule has 160 valence electrons. The number of H-pyrrole nitrogens is 1. The molecule has 31 heavy (non-hydrogen) atoms. The first kappa shape index (κ1) is 20.2. The van der Waals surface area contributed by atoms with Crippen molar-refractivity contribution in [3.05, 3.63) is 41.5 Å². The van der Waals surface area contributed by atoms with Gasteiger partial charge in [-0.1, -0.05) is 31.2 Å². The first-order valence-corrected chi connectivity index (χ1v) is 9.64. The van der Waals surface area contributed by atoms with Crippen LogP contribution in [0.3, 0.4) is 0 Å². The van der Waals surface area contributed by atoms with Gasteiger partial charge >= 0.3 is 0 Å². The second kappa shape index (κ2) is 8.71. The van der Waals surface area contributed by atoms with E-state index in [-0.39, 0.29) is 17.3 Å². The van der Waals surface area contributed by atoms with E-state index in [9.17, 15) is 4.79 Å². The molecule has 0 spiro atoms. The number of para-hydroxylation sites is 2. The summed E-state index contributed by atoms with van der Waals surface area (Å²) in [5.41, 5.74) is 10.5. The maximum absolute atomic E-state index is 12.8.